The highest BCUT2D eigenvalue weighted by molar-refractivity contribution is 5.86. The van der Waals surface area contributed by atoms with E-state index in [-0.39, 0.29) is 18.7 Å². The van der Waals surface area contributed by atoms with Gasteiger partial charge in [0.05, 0.1) is 6.04 Å². The van der Waals surface area contributed by atoms with Crippen LogP contribution in [0.15, 0.2) is 42.5 Å². The molecule has 0 aliphatic rings. The number of benzene rings is 2. The van der Waals surface area contributed by atoms with Crippen molar-refractivity contribution in [2.45, 2.75) is 25.4 Å². The van der Waals surface area contributed by atoms with Crippen LogP contribution in [0, 0.1) is 0 Å². The van der Waals surface area contributed by atoms with Crippen molar-refractivity contribution in [3.05, 3.63) is 48.0 Å². The lowest BCUT2D eigenvalue weighted by molar-refractivity contribution is -0.130. The largest absolute Gasteiger partial charge is 0.352 e. The minimum atomic E-state index is -0.895. The van der Waals surface area contributed by atoms with Gasteiger partial charge in [-0.25, -0.2) is 5.48 Å². The minimum absolute atomic E-state index is 0.124. The van der Waals surface area contributed by atoms with Crippen LogP contribution in [-0.2, 0) is 16.1 Å². The maximum atomic E-state index is 11.8. The minimum Gasteiger partial charge on any atom is -0.352 e. The Balaban J connectivity index is 1.89. The van der Waals surface area contributed by atoms with Crippen molar-refractivity contribution in [2.75, 3.05) is 0 Å². The van der Waals surface area contributed by atoms with Gasteiger partial charge < -0.3 is 11.1 Å². The van der Waals surface area contributed by atoms with Gasteiger partial charge in [0, 0.05) is 13.0 Å². The number of carbonyl (C=O) groups is 2. The van der Waals surface area contributed by atoms with Crippen LogP contribution in [0.4, 0.5) is 0 Å². The van der Waals surface area contributed by atoms with E-state index in [0.29, 0.717) is 6.54 Å². The second-order valence-corrected chi connectivity index (χ2v) is 5.04. The van der Waals surface area contributed by atoms with E-state index in [4.69, 9.17) is 10.9 Å². The van der Waals surface area contributed by atoms with Gasteiger partial charge in [-0.15, -0.1) is 0 Å². The number of hydroxylamine groups is 1. The Morgan fingerprint density at radius 1 is 1.14 bits per heavy atom. The van der Waals surface area contributed by atoms with Crippen LogP contribution in [0.25, 0.3) is 10.8 Å². The fourth-order valence-corrected chi connectivity index (χ4v) is 2.23. The molecule has 2 rings (SSSR count). The van der Waals surface area contributed by atoms with Gasteiger partial charge in [-0.3, -0.25) is 14.8 Å². The first-order valence-electron chi connectivity index (χ1n) is 7.04. The van der Waals surface area contributed by atoms with Crippen LogP contribution < -0.4 is 16.5 Å². The van der Waals surface area contributed by atoms with Crippen LogP contribution in [0.5, 0.6) is 0 Å². The van der Waals surface area contributed by atoms with Gasteiger partial charge >= 0.3 is 0 Å². The monoisotopic (exact) mass is 301 g/mol. The summed E-state index contributed by atoms with van der Waals surface area (Å²) in [5.41, 5.74) is 8.01. The van der Waals surface area contributed by atoms with Gasteiger partial charge in [-0.05, 0) is 22.8 Å². The Bertz CT molecular complexity index is 667. The number of carbonyl (C=O) groups excluding carboxylic acids is 2. The van der Waals surface area contributed by atoms with E-state index in [9.17, 15) is 9.59 Å². The van der Waals surface area contributed by atoms with Crippen molar-refractivity contribution >= 4 is 22.6 Å². The highest BCUT2D eigenvalue weighted by Crippen LogP contribution is 2.18. The summed E-state index contributed by atoms with van der Waals surface area (Å²) in [5, 5.41) is 13.5. The molecule has 0 heterocycles. The molecule has 1 atom stereocenters. The van der Waals surface area contributed by atoms with Gasteiger partial charge in [0.2, 0.25) is 5.91 Å². The maximum Gasteiger partial charge on any atom is 0.260 e. The Labute approximate surface area is 128 Å². The van der Waals surface area contributed by atoms with E-state index < -0.39 is 11.9 Å². The summed E-state index contributed by atoms with van der Waals surface area (Å²) >= 11 is 0. The van der Waals surface area contributed by atoms with Crippen molar-refractivity contribution in [1.82, 2.24) is 10.8 Å². The van der Waals surface area contributed by atoms with E-state index in [2.05, 4.69) is 5.32 Å². The van der Waals surface area contributed by atoms with Crippen LogP contribution in [-0.4, -0.2) is 23.1 Å². The zero-order valence-corrected chi connectivity index (χ0v) is 12.1. The lowest BCUT2D eigenvalue weighted by atomic mass is 10.0. The molecule has 0 aliphatic heterocycles. The van der Waals surface area contributed by atoms with Crippen LogP contribution >= 0.6 is 0 Å². The van der Waals surface area contributed by atoms with Crippen molar-refractivity contribution in [3.8, 4) is 0 Å². The number of nitrogens with two attached hydrogens (primary N) is 1. The predicted octanol–water partition coefficient (Wildman–Crippen LogP) is 1.07. The highest BCUT2D eigenvalue weighted by Gasteiger charge is 2.14. The Hall–Kier alpha value is -2.44. The molecule has 0 aromatic heterocycles. The molecule has 0 aliphatic carbocycles. The second kappa shape index (κ2) is 7.53. The molecular formula is C16H19N3O3. The molecule has 0 spiro atoms. The molecule has 2 aromatic rings. The predicted molar refractivity (Wildman–Crippen MR) is 82.9 cm³/mol. The zero-order chi connectivity index (χ0) is 15.9. The number of hydrogen-bond donors (Lipinski definition) is 4. The molecule has 0 radical (unpaired) electrons. The Kier molecular flexibility index (Phi) is 5.46. The average molecular weight is 301 g/mol. The second-order valence-electron chi connectivity index (χ2n) is 5.04. The number of rotatable bonds is 6. The molecule has 116 valence electrons. The maximum absolute atomic E-state index is 11.8. The molecule has 0 fully saturated rings. The molecule has 0 saturated carbocycles. The van der Waals surface area contributed by atoms with E-state index in [0.717, 1.165) is 16.3 Å². The van der Waals surface area contributed by atoms with E-state index in [1.165, 1.54) is 5.48 Å². The van der Waals surface area contributed by atoms with Crippen LogP contribution in [0.2, 0.25) is 0 Å². The van der Waals surface area contributed by atoms with Gasteiger partial charge in [-0.1, -0.05) is 42.5 Å². The fourth-order valence-electron chi connectivity index (χ4n) is 2.23. The Morgan fingerprint density at radius 2 is 1.86 bits per heavy atom. The van der Waals surface area contributed by atoms with E-state index >= 15 is 0 Å². The number of nitrogens with one attached hydrogen (secondary N) is 2. The van der Waals surface area contributed by atoms with Crippen molar-refractivity contribution in [1.29, 1.82) is 0 Å². The molecule has 6 nitrogen and oxygen atoms in total. The van der Waals surface area contributed by atoms with Crippen LogP contribution in [0.3, 0.4) is 0 Å². The van der Waals surface area contributed by atoms with Gasteiger partial charge in [-0.2, -0.15) is 0 Å². The molecule has 2 aromatic carbocycles. The molecule has 1 unspecified atom stereocenters. The smallest absolute Gasteiger partial charge is 0.260 e. The van der Waals surface area contributed by atoms with Crippen molar-refractivity contribution in [2.24, 2.45) is 5.73 Å². The highest BCUT2D eigenvalue weighted by atomic mass is 16.5. The average Bonchev–Trinajstić information content (AvgIpc) is 2.56. The first-order valence-corrected chi connectivity index (χ1v) is 7.04. The SMILES string of the molecule is NC(CCC(=O)NCc1cccc2ccccc12)C(=O)NO. The van der Waals surface area contributed by atoms with Gasteiger partial charge in [0.1, 0.15) is 0 Å². The molecule has 22 heavy (non-hydrogen) atoms. The molecule has 5 N–H and O–H groups in total. The standard InChI is InChI=1S/C16H19N3O3/c17-14(16(21)19-22)8-9-15(20)18-10-12-6-3-5-11-4-1-2-7-13(11)12/h1-7,14,22H,8-10,17H2,(H,18,20)(H,19,21). The third-order valence-corrected chi connectivity index (χ3v) is 3.49. The fraction of sp³-hybridized carbons (Fsp3) is 0.250. The number of amides is 2. The van der Waals surface area contributed by atoms with Gasteiger partial charge in [0.25, 0.3) is 5.91 Å². The molecular weight excluding hydrogens is 282 g/mol. The summed E-state index contributed by atoms with van der Waals surface area (Å²) in [7, 11) is 0. The summed E-state index contributed by atoms with van der Waals surface area (Å²) in [6.45, 7) is 0.418. The van der Waals surface area contributed by atoms with E-state index in [1.807, 2.05) is 42.5 Å². The number of hydrogen-bond acceptors (Lipinski definition) is 4. The first kappa shape index (κ1) is 15.9. The molecule has 6 heteroatoms. The summed E-state index contributed by atoms with van der Waals surface area (Å²) in [4.78, 5) is 22.8. The number of fused-ring (bicyclic) bond motifs is 1. The third kappa shape index (κ3) is 4.03. The summed E-state index contributed by atoms with van der Waals surface area (Å²) < 4.78 is 0. The zero-order valence-electron chi connectivity index (χ0n) is 12.1. The quantitative estimate of drug-likeness (QED) is 0.473. The lowest BCUT2D eigenvalue weighted by Crippen LogP contribution is -2.39. The summed E-state index contributed by atoms with van der Waals surface area (Å²) in [6.07, 6.45) is 0.299. The van der Waals surface area contributed by atoms with Crippen LogP contribution in [0.1, 0.15) is 18.4 Å². The topological polar surface area (TPSA) is 104 Å². The normalized spacial score (nSPS) is 11.9. The molecule has 0 bridgehead atoms. The molecule has 0 saturated heterocycles. The summed E-state index contributed by atoms with van der Waals surface area (Å²) in [6, 6.07) is 13.0. The van der Waals surface area contributed by atoms with Crippen molar-refractivity contribution in [3.63, 3.8) is 0 Å². The summed E-state index contributed by atoms with van der Waals surface area (Å²) in [5.74, 6) is -0.879. The van der Waals surface area contributed by atoms with E-state index in [1.54, 1.807) is 0 Å². The molecule has 2 amide bonds. The Morgan fingerprint density at radius 3 is 2.64 bits per heavy atom. The van der Waals surface area contributed by atoms with Gasteiger partial charge in [0.15, 0.2) is 0 Å². The van der Waals surface area contributed by atoms with Crippen molar-refractivity contribution < 1.29 is 14.8 Å². The third-order valence-electron chi connectivity index (χ3n) is 3.49. The lowest BCUT2D eigenvalue weighted by Gasteiger charge is -2.10. The first-order chi connectivity index (χ1) is 10.6.